The van der Waals surface area contributed by atoms with Crippen molar-refractivity contribution in [2.24, 2.45) is 7.05 Å². The molecule has 1 amide bonds. The first-order valence-corrected chi connectivity index (χ1v) is 9.49. The fourth-order valence-corrected chi connectivity index (χ4v) is 3.73. The summed E-state index contributed by atoms with van der Waals surface area (Å²) in [5.74, 6) is -0.177. The number of rotatable bonds is 5. The zero-order chi connectivity index (χ0) is 18.8. The molecule has 26 heavy (non-hydrogen) atoms. The van der Waals surface area contributed by atoms with Gasteiger partial charge in [0.15, 0.2) is 0 Å². The average Bonchev–Trinajstić information content (AvgIpc) is 2.94. The molecule has 4 nitrogen and oxygen atoms in total. The summed E-state index contributed by atoms with van der Waals surface area (Å²) in [6.07, 6.45) is 2.13. The summed E-state index contributed by atoms with van der Waals surface area (Å²) in [6, 6.07) is 13.6. The monoisotopic (exact) mass is 433 g/mol. The highest BCUT2D eigenvalue weighted by Crippen LogP contribution is 2.28. The van der Waals surface area contributed by atoms with Crippen molar-refractivity contribution in [3.63, 3.8) is 0 Å². The third kappa shape index (κ3) is 3.80. The van der Waals surface area contributed by atoms with Crippen LogP contribution in [0.15, 0.2) is 53.1 Å². The molecule has 0 aliphatic heterocycles. The Morgan fingerprint density at radius 3 is 2.73 bits per heavy atom. The number of hydrogen-bond donors (Lipinski definition) is 1. The minimum Gasteiger partial charge on any atom is -0.350 e. The summed E-state index contributed by atoms with van der Waals surface area (Å²) in [4.78, 5) is 14.7. The van der Waals surface area contributed by atoms with Gasteiger partial charge < -0.3 is 14.8 Å². The van der Waals surface area contributed by atoms with E-state index in [1.165, 1.54) is 16.5 Å². The number of amides is 1. The van der Waals surface area contributed by atoms with E-state index in [9.17, 15) is 4.79 Å². The summed E-state index contributed by atoms with van der Waals surface area (Å²) in [7, 11) is 6.08. The van der Waals surface area contributed by atoms with Gasteiger partial charge >= 0.3 is 0 Å². The number of hydrogen-bond acceptors (Lipinski definition) is 2. The summed E-state index contributed by atoms with van der Waals surface area (Å²) < 4.78 is 2.94. The van der Waals surface area contributed by atoms with Crippen LogP contribution < -0.4 is 5.32 Å². The maximum Gasteiger partial charge on any atom is 0.252 e. The molecule has 0 saturated carbocycles. The van der Waals surface area contributed by atoms with Crippen molar-refractivity contribution in [3.05, 3.63) is 69.3 Å². The van der Waals surface area contributed by atoms with Gasteiger partial charge in [-0.2, -0.15) is 0 Å². The smallest absolute Gasteiger partial charge is 0.252 e. The van der Waals surface area contributed by atoms with E-state index in [0.717, 1.165) is 4.47 Å². The van der Waals surface area contributed by atoms with Gasteiger partial charge in [0.1, 0.15) is 0 Å². The third-order valence-corrected chi connectivity index (χ3v) is 5.36. The first kappa shape index (κ1) is 19.0. The van der Waals surface area contributed by atoms with Gasteiger partial charge in [0.05, 0.1) is 16.6 Å². The van der Waals surface area contributed by atoms with E-state index >= 15 is 0 Å². The Labute approximate surface area is 166 Å². The lowest BCUT2D eigenvalue weighted by Crippen LogP contribution is -2.34. The lowest BCUT2D eigenvalue weighted by atomic mass is 10.0. The molecule has 0 aliphatic rings. The van der Waals surface area contributed by atoms with Crippen molar-refractivity contribution >= 4 is 44.3 Å². The average molecular weight is 435 g/mol. The zero-order valence-electron chi connectivity index (χ0n) is 15.0. The van der Waals surface area contributed by atoms with Crippen molar-refractivity contribution < 1.29 is 4.79 Å². The number of likely N-dealkylation sites (N-methyl/N-ethyl adjacent to an activating group) is 1. The molecule has 0 fully saturated rings. The Hall–Kier alpha value is -1.82. The number of fused-ring (bicyclic) bond motifs is 1. The van der Waals surface area contributed by atoms with E-state index in [1.54, 1.807) is 12.1 Å². The van der Waals surface area contributed by atoms with E-state index in [0.29, 0.717) is 17.1 Å². The van der Waals surface area contributed by atoms with Gasteiger partial charge in [-0.05, 0) is 43.9 Å². The second kappa shape index (κ2) is 7.82. The predicted molar refractivity (Wildman–Crippen MR) is 111 cm³/mol. The van der Waals surface area contributed by atoms with Gasteiger partial charge in [0.25, 0.3) is 5.91 Å². The fourth-order valence-electron chi connectivity index (χ4n) is 3.17. The topological polar surface area (TPSA) is 37.3 Å². The van der Waals surface area contributed by atoms with Crippen LogP contribution in [0.5, 0.6) is 0 Å². The Morgan fingerprint density at radius 1 is 1.27 bits per heavy atom. The van der Waals surface area contributed by atoms with Crippen molar-refractivity contribution in [2.75, 3.05) is 20.6 Å². The van der Waals surface area contributed by atoms with Gasteiger partial charge in [-0.1, -0.05) is 45.7 Å². The van der Waals surface area contributed by atoms with E-state index in [4.69, 9.17) is 11.6 Å². The van der Waals surface area contributed by atoms with Gasteiger partial charge in [-0.15, -0.1) is 0 Å². The lowest BCUT2D eigenvalue weighted by Gasteiger charge is -2.24. The Bertz CT molecular complexity index is 951. The molecule has 3 aromatic rings. The van der Waals surface area contributed by atoms with Crippen LogP contribution in [0.4, 0.5) is 0 Å². The first-order chi connectivity index (χ1) is 12.4. The summed E-state index contributed by atoms with van der Waals surface area (Å²) in [5.41, 5.74) is 2.83. The molecule has 1 atom stereocenters. The predicted octanol–water partition coefficient (Wildman–Crippen LogP) is 4.63. The van der Waals surface area contributed by atoms with Crippen LogP contribution >= 0.6 is 27.5 Å². The van der Waals surface area contributed by atoms with Crippen LogP contribution in [0.2, 0.25) is 5.02 Å². The summed E-state index contributed by atoms with van der Waals surface area (Å²) in [6.45, 7) is 0.489. The van der Waals surface area contributed by atoms with Crippen LogP contribution in [0, 0.1) is 0 Å². The molecule has 1 unspecified atom stereocenters. The lowest BCUT2D eigenvalue weighted by molar-refractivity contribution is 0.0942. The highest BCUT2D eigenvalue weighted by Gasteiger charge is 2.21. The highest BCUT2D eigenvalue weighted by molar-refractivity contribution is 9.10. The zero-order valence-corrected chi connectivity index (χ0v) is 17.3. The van der Waals surface area contributed by atoms with Gasteiger partial charge in [0, 0.05) is 35.2 Å². The van der Waals surface area contributed by atoms with Crippen LogP contribution in [-0.2, 0) is 7.05 Å². The number of aryl methyl sites for hydroxylation is 1. The number of carbonyl (C=O) groups excluding carboxylic acids is 1. The number of nitrogens with one attached hydrogen (secondary N) is 1. The van der Waals surface area contributed by atoms with Gasteiger partial charge in [-0.3, -0.25) is 4.79 Å². The Morgan fingerprint density at radius 2 is 2.00 bits per heavy atom. The molecule has 0 spiro atoms. The molecule has 0 aliphatic carbocycles. The standard InChI is InChI=1S/C20H21BrClN3O/c1-24(2)19(16-12-25(3)18-7-5-4-6-14(16)18)11-23-20(26)15-10-13(21)8-9-17(15)22/h4-10,12,19H,11H2,1-3H3,(H,23,26). The number of halogens is 2. The van der Waals surface area contributed by atoms with Crippen molar-refractivity contribution in [1.29, 1.82) is 0 Å². The Balaban J connectivity index is 1.85. The molecule has 1 heterocycles. The summed E-state index contributed by atoms with van der Waals surface area (Å²) >= 11 is 9.56. The highest BCUT2D eigenvalue weighted by atomic mass is 79.9. The van der Waals surface area contributed by atoms with Crippen LogP contribution in [-0.4, -0.2) is 36.0 Å². The molecule has 1 N–H and O–H groups in total. The van der Waals surface area contributed by atoms with E-state index < -0.39 is 0 Å². The van der Waals surface area contributed by atoms with Crippen LogP contribution in [0.1, 0.15) is 22.0 Å². The Kier molecular flexibility index (Phi) is 5.70. The van der Waals surface area contributed by atoms with Gasteiger partial charge in [-0.25, -0.2) is 0 Å². The second-order valence-corrected chi connectivity index (χ2v) is 7.85. The molecular formula is C20H21BrClN3O. The maximum absolute atomic E-state index is 12.6. The number of benzene rings is 2. The third-order valence-electron chi connectivity index (χ3n) is 4.54. The minimum absolute atomic E-state index is 0.0518. The molecule has 6 heteroatoms. The van der Waals surface area contributed by atoms with Crippen molar-refractivity contribution in [1.82, 2.24) is 14.8 Å². The minimum atomic E-state index is -0.177. The van der Waals surface area contributed by atoms with Crippen molar-refractivity contribution in [3.8, 4) is 0 Å². The molecule has 0 bridgehead atoms. The van der Waals surface area contributed by atoms with Crippen molar-refractivity contribution in [2.45, 2.75) is 6.04 Å². The first-order valence-electron chi connectivity index (χ1n) is 8.32. The quantitative estimate of drug-likeness (QED) is 0.636. The largest absolute Gasteiger partial charge is 0.350 e. The van der Waals surface area contributed by atoms with E-state index in [-0.39, 0.29) is 11.9 Å². The molecule has 2 aromatic carbocycles. The maximum atomic E-state index is 12.6. The van der Waals surface area contributed by atoms with Crippen LogP contribution in [0.3, 0.4) is 0 Å². The number of carbonyl (C=O) groups is 1. The molecule has 3 rings (SSSR count). The number of para-hydroxylation sites is 1. The van der Waals surface area contributed by atoms with E-state index in [2.05, 4.69) is 49.0 Å². The molecule has 136 valence electrons. The molecule has 1 aromatic heterocycles. The SMILES string of the molecule is CN(C)C(CNC(=O)c1cc(Br)ccc1Cl)c1cn(C)c2ccccc12. The second-order valence-electron chi connectivity index (χ2n) is 6.53. The molecule has 0 radical (unpaired) electrons. The molecule has 0 saturated heterocycles. The van der Waals surface area contributed by atoms with Gasteiger partial charge in [0.2, 0.25) is 0 Å². The van der Waals surface area contributed by atoms with E-state index in [1.807, 2.05) is 39.3 Å². The van der Waals surface area contributed by atoms with Crippen LogP contribution in [0.25, 0.3) is 10.9 Å². The normalized spacial score (nSPS) is 12.5. The fraction of sp³-hybridized carbons (Fsp3) is 0.250. The summed E-state index contributed by atoms with van der Waals surface area (Å²) in [5, 5.41) is 4.67. The number of aromatic nitrogens is 1. The number of nitrogens with zero attached hydrogens (tertiary/aromatic N) is 2. The molecular weight excluding hydrogens is 414 g/mol.